The Labute approximate surface area is 121 Å². The van der Waals surface area contributed by atoms with E-state index in [1.807, 2.05) is 13.8 Å². The van der Waals surface area contributed by atoms with E-state index in [1.54, 1.807) is 20.8 Å². The van der Waals surface area contributed by atoms with Gasteiger partial charge in [-0.15, -0.1) is 0 Å². The minimum atomic E-state index is -0.536. The molecule has 0 heterocycles. The van der Waals surface area contributed by atoms with Gasteiger partial charge in [0.05, 0.1) is 13.5 Å². The van der Waals surface area contributed by atoms with E-state index < -0.39 is 11.7 Å². The van der Waals surface area contributed by atoms with Crippen LogP contribution in [0.5, 0.6) is 0 Å². The molecule has 2 unspecified atom stereocenters. The molecule has 2 atom stereocenters. The molecule has 20 heavy (non-hydrogen) atoms. The Balaban J connectivity index is 4.41. The number of nitrogens with two attached hydrogens (primary N) is 1. The van der Waals surface area contributed by atoms with Crippen LogP contribution in [-0.4, -0.2) is 37.4 Å². The lowest BCUT2D eigenvalue weighted by atomic mass is 9.87. The topological polar surface area (TPSA) is 90.6 Å². The molecule has 0 radical (unpaired) electrons. The third kappa shape index (κ3) is 7.99. The number of rotatable bonds is 6. The van der Waals surface area contributed by atoms with Crippen molar-refractivity contribution in [2.24, 2.45) is 17.6 Å². The summed E-state index contributed by atoms with van der Waals surface area (Å²) >= 11 is 0. The Morgan fingerprint density at radius 1 is 1.25 bits per heavy atom. The highest BCUT2D eigenvalue weighted by molar-refractivity contribution is 5.70. The van der Waals surface area contributed by atoms with Gasteiger partial charge in [-0.2, -0.15) is 0 Å². The summed E-state index contributed by atoms with van der Waals surface area (Å²) < 4.78 is 9.78. The van der Waals surface area contributed by atoms with Gasteiger partial charge in [0.2, 0.25) is 0 Å². The summed E-state index contributed by atoms with van der Waals surface area (Å²) in [6, 6.07) is -0.364. The molecule has 0 saturated carbocycles. The highest BCUT2D eigenvalue weighted by atomic mass is 16.6. The largest absolute Gasteiger partial charge is 0.469 e. The van der Waals surface area contributed by atoms with E-state index in [2.05, 4.69) is 10.1 Å². The van der Waals surface area contributed by atoms with Crippen LogP contribution in [0.1, 0.15) is 41.0 Å². The highest BCUT2D eigenvalue weighted by Gasteiger charge is 2.25. The Kier molecular flexibility index (Phi) is 7.57. The van der Waals surface area contributed by atoms with E-state index >= 15 is 0 Å². The molecule has 0 bridgehead atoms. The fourth-order valence-electron chi connectivity index (χ4n) is 1.82. The maximum Gasteiger partial charge on any atom is 0.407 e. The van der Waals surface area contributed by atoms with E-state index in [4.69, 9.17) is 10.5 Å². The molecule has 6 heteroatoms. The van der Waals surface area contributed by atoms with Crippen molar-refractivity contribution in [3.63, 3.8) is 0 Å². The normalized spacial score (nSPS) is 14.6. The van der Waals surface area contributed by atoms with Gasteiger partial charge in [-0.05, 0) is 32.6 Å². The van der Waals surface area contributed by atoms with Gasteiger partial charge in [-0.3, -0.25) is 4.79 Å². The first-order valence-electron chi connectivity index (χ1n) is 6.86. The molecule has 1 amide bonds. The van der Waals surface area contributed by atoms with Crippen molar-refractivity contribution in [2.45, 2.75) is 52.7 Å². The number of methoxy groups -OCH3 is 1. The van der Waals surface area contributed by atoms with Crippen LogP contribution in [-0.2, 0) is 14.3 Å². The molecule has 3 N–H and O–H groups in total. The SMILES string of the molecule is COC(=O)CC(N)C(CNC(=O)OC(C)(C)C)C(C)C. The molecule has 6 nitrogen and oxygen atoms in total. The summed E-state index contributed by atoms with van der Waals surface area (Å²) in [6.45, 7) is 9.77. The Morgan fingerprint density at radius 3 is 2.20 bits per heavy atom. The molecule has 0 aliphatic heterocycles. The van der Waals surface area contributed by atoms with Gasteiger partial charge in [0, 0.05) is 12.6 Å². The van der Waals surface area contributed by atoms with Gasteiger partial charge in [-0.25, -0.2) is 4.79 Å². The number of nitrogens with one attached hydrogen (secondary N) is 1. The fraction of sp³-hybridized carbons (Fsp3) is 0.857. The zero-order valence-electron chi connectivity index (χ0n) is 13.4. The number of ether oxygens (including phenoxy) is 2. The van der Waals surface area contributed by atoms with Crippen molar-refractivity contribution in [3.05, 3.63) is 0 Å². The first-order chi connectivity index (χ1) is 9.06. The summed E-state index contributed by atoms with van der Waals surface area (Å²) in [6.07, 6.45) is -0.344. The molecule has 0 aliphatic rings. The molecular weight excluding hydrogens is 260 g/mol. The Bertz CT molecular complexity index is 324. The van der Waals surface area contributed by atoms with Crippen LogP contribution in [0.15, 0.2) is 0 Å². The minimum Gasteiger partial charge on any atom is -0.469 e. The van der Waals surface area contributed by atoms with E-state index in [-0.39, 0.29) is 30.3 Å². The van der Waals surface area contributed by atoms with Gasteiger partial charge in [-0.1, -0.05) is 13.8 Å². The van der Waals surface area contributed by atoms with Crippen molar-refractivity contribution in [1.82, 2.24) is 5.32 Å². The van der Waals surface area contributed by atoms with Gasteiger partial charge in [0.15, 0.2) is 0 Å². The van der Waals surface area contributed by atoms with E-state index in [0.717, 1.165) is 0 Å². The molecule has 0 rings (SSSR count). The number of carbonyl (C=O) groups excluding carboxylic acids is 2. The number of alkyl carbamates (subject to hydrolysis) is 1. The standard InChI is InChI=1S/C14H28N2O4/c1-9(2)10(11(15)7-12(17)19-6)8-16-13(18)20-14(3,4)5/h9-11H,7-8,15H2,1-6H3,(H,16,18). The second-order valence-corrected chi connectivity index (χ2v) is 6.23. The molecular formula is C14H28N2O4. The van der Waals surface area contributed by atoms with Crippen LogP contribution in [0.25, 0.3) is 0 Å². The van der Waals surface area contributed by atoms with Crippen molar-refractivity contribution in [3.8, 4) is 0 Å². The molecule has 118 valence electrons. The molecule has 0 fully saturated rings. The van der Waals surface area contributed by atoms with Crippen LogP contribution in [0.3, 0.4) is 0 Å². The molecule has 0 spiro atoms. The Hall–Kier alpha value is -1.30. The second kappa shape index (κ2) is 8.09. The van der Waals surface area contributed by atoms with Gasteiger partial charge >= 0.3 is 12.1 Å². The van der Waals surface area contributed by atoms with Gasteiger partial charge in [0.1, 0.15) is 5.60 Å². The highest BCUT2D eigenvalue weighted by Crippen LogP contribution is 2.16. The van der Waals surface area contributed by atoms with Crippen molar-refractivity contribution in [1.29, 1.82) is 0 Å². The first kappa shape index (κ1) is 18.7. The van der Waals surface area contributed by atoms with E-state index in [0.29, 0.717) is 6.54 Å². The summed E-state index contributed by atoms with van der Waals surface area (Å²) in [5.41, 5.74) is 5.48. The number of amides is 1. The lowest BCUT2D eigenvalue weighted by Gasteiger charge is -2.27. The number of hydrogen-bond acceptors (Lipinski definition) is 5. The maximum absolute atomic E-state index is 11.6. The van der Waals surface area contributed by atoms with Crippen molar-refractivity contribution >= 4 is 12.1 Å². The summed E-state index contributed by atoms with van der Waals surface area (Å²) in [7, 11) is 1.33. The minimum absolute atomic E-state index is 0.0263. The van der Waals surface area contributed by atoms with Crippen LogP contribution >= 0.6 is 0 Å². The third-order valence-electron chi connectivity index (χ3n) is 2.92. The van der Waals surface area contributed by atoms with Crippen molar-refractivity contribution in [2.75, 3.05) is 13.7 Å². The average molecular weight is 288 g/mol. The Morgan fingerprint density at radius 2 is 1.80 bits per heavy atom. The third-order valence-corrected chi connectivity index (χ3v) is 2.92. The first-order valence-corrected chi connectivity index (χ1v) is 6.86. The number of esters is 1. The monoisotopic (exact) mass is 288 g/mol. The predicted octanol–water partition coefficient (Wildman–Crippen LogP) is 1.67. The van der Waals surface area contributed by atoms with Crippen molar-refractivity contribution < 1.29 is 19.1 Å². The van der Waals surface area contributed by atoms with E-state index in [1.165, 1.54) is 7.11 Å². The van der Waals surface area contributed by atoms with Crippen LogP contribution in [0, 0.1) is 11.8 Å². The summed E-state index contributed by atoms with van der Waals surface area (Å²) in [5.74, 6) is -0.147. The number of carbonyl (C=O) groups is 2. The second-order valence-electron chi connectivity index (χ2n) is 6.23. The summed E-state index contributed by atoms with van der Waals surface area (Å²) in [4.78, 5) is 22.9. The molecule has 0 aliphatic carbocycles. The van der Waals surface area contributed by atoms with Gasteiger partial charge in [0.25, 0.3) is 0 Å². The lowest BCUT2D eigenvalue weighted by Crippen LogP contribution is -2.44. The van der Waals surface area contributed by atoms with Crippen LogP contribution in [0.2, 0.25) is 0 Å². The maximum atomic E-state index is 11.6. The van der Waals surface area contributed by atoms with Gasteiger partial charge < -0.3 is 20.5 Å². The summed E-state index contributed by atoms with van der Waals surface area (Å²) in [5, 5.41) is 2.70. The quantitative estimate of drug-likeness (QED) is 0.726. The molecule has 0 saturated heterocycles. The molecule has 0 aromatic heterocycles. The van der Waals surface area contributed by atoms with E-state index in [9.17, 15) is 9.59 Å². The smallest absolute Gasteiger partial charge is 0.407 e. The zero-order valence-corrected chi connectivity index (χ0v) is 13.4. The predicted molar refractivity (Wildman–Crippen MR) is 77.2 cm³/mol. The fourth-order valence-corrected chi connectivity index (χ4v) is 1.82. The molecule has 0 aromatic carbocycles. The van der Waals surface area contributed by atoms with Crippen LogP contribution in [0.4, 0.5) is 4.79 Å². The van der Waals surface area contributed by atoms with Crippen LogP contribution < -0.4 is 11.1 Å². The number of hydrogen-bond donors (Lipinski definition) is 2. The molecule has 0 aromatic rings. The zero-order chi connectivity index (χ0) is 15.9. The average Bonchev–Trinajstić information content (AvgIpc) is 2.25. The lowest BCUT2D eigenvalue weighted by molar-refractivity contribution is -0.141.